The molecule has 156 valence electrons. The van der Waals surface area contributed by atoms with Crippen molar-refractivity contribution in [1.82, 2.24) is 19.5 Å². The quantitative estimate of drug-likeness (QED) is 0.451. The third-order valence-corrected chi connectivity index (χ3v) is 5.93. The summed E-state index contributed by atoms with van der Waals surface area (Å²) in [5.74, 6) is -0.157. The molecule has 30 heavy (non-hydrogen) atoms. The molecule has 11 heteroatoms. The standard InChI is InChI=1S/C19H20N6O4S/c1-2-3-14-12-16(26)24-18(20-14)30-19(21-24)23-10-8-22(9-11-23)17(27)13-4-6-15(7-5-13)25(28)29/h4-7,12H,2-3,8-11H2,1H3. The molecule has 1 amide bonds. The van der Waals surface area contributed by atoms with Crippen molar-refractivity contribution in [2.75, 3.05) is 31.1 Å². The summed E-state index contributed by atoms with van der Waals surface area (Å²) in [6.45, 7) is 4.19. The summed E-state index contributed by atoms with van der Waals surface area (Å²) in [5, 5.41) is 15.9. The lowest BCUT2D eigenvalue weighted by atomic mass is 10.1. The fourth-order valence-electron chi connectivity index (χ4n) is 3.37. The number of fused-ring (bicyclic) bond motifs is 1. The third-order valence-electron chi connectivity index (χ3n) is 4.96. The number of anilines is 1. The average Bonchev–Trinajstić information content (AvgIpc) is 3.18. The Morgan fingerprint density at radius 3 is 2.53 bits per heavy atom. The summed E-state index contributed by atoms with van der Waals surface area (Å²) >= 11 is 1.37. The van der Waals surface area contributed by atoms with Gasteiger partial charge in [0.1, 0.15) is 0 Å². The monoisotopic (exact) mass is 428 g/mol. The van der Waals surface area contributed by atoms with Gasteiger partial charge in [-0.05, 0) is 18.6 Å². The molecule has 3 heterocycles. The van der Waals surface area contributed by atoms with Gasteiger partial charge < -0.3 is 9.80 Å². The van der Waals surface area contributed by atoms with E-state index in [9.17, 15) is 19.7 Å². The number of nitrogens with zero attached hydrogens (tertiary/aromatic N) is 6. The number of hydrogen-bond donors (Lipinski definition) is 0. The van der Waals surface area contributed by atoms with Crippen molar-refractivity contribution in [2.45, 2.75) is 19.8 Å². The predicted octanol–water partition coefficient (Wildman–Crippen LogP) is 1.97. The van der Waals surface area contributed by atoms with Crippen molar-refractivity contribution in [3.05, 3.63) is 62.1 Å². The van der Waals surface area contributed by atoms with E-state index in [0.717, 1.165) is 18.5 Å². The van der Waals surface area contributed by atoms with E-state index in [1.54, 1.807) is 4.90 Å². The van der Waals surface area contributed by atoms with Gasteiger partial charge in [0.05, 0.1) is 4.92 Å². The number of nitro benzene ring substituents is 1. The van der Waals surface area contributed by atoms with Crippen LogP contribution in [0.5, 0.6) is 0 Å². The summed E-state index contributed by atoms with van der Waals surface area (Å²) in [7, 11) is 0. The number of amides is 1. The number of piperazine rings is 1. The maximum atomic E-state index is 12.7. The maximum absolute atomic E-state index is 12.7. The first-order valence-corrected chi connectivity index (χ1v) is 10.5. The van der Waals surface area contributed by atoms with E-state index in [-0.39, 0.29) is 17.2 Å². The average molecular weight is 428 g/mol. The van der Waals surface area contributed by atoms with E-state index < -0.39 is 4.92 Å². The Balaban J connectivity index is 1.45. The van der Waals surface area contributed by atoms with Gasteiger partial charge in [-0.15, -0.1) is 5.10 Å². The first kappa shape index (κ1) is 20.0. The third kappa shape index (κ3) is 3.88. The van der Waals surface area contributed by atoms with Gasteiger partial charge in [0.25, 0.3) is 17.2 Å². The molecule has 1 fully saturated rings. The van der Waals surface area contributed by atoms with Crippen LogP contribution >= 0.6 is 11.3 Å². The molecule has 4 rings (SSSR count). The highest BCUT2D eigenvalue weighted by molar-refractivity contribution is 7.20. The second-order valence-electron chi connectivity index (χ2n) is 7.00. The molecule has 10 nitrogen and oxygen atoms in total. The van der Waals surface area contributed by atoms with E-state index >= 15 is 0 Å². The normalized spacial score (nSPS) is 14.3. The highest BCUT2D eigenvalue weighted by atomic mass is 32.1. The summed E-state index contributed by atoms with van der Waals surface area (Å²) in [4.78, 5) is 44.1. The van der Waals surface area contributed by atoms with Crippen molar-refractivity contribution in [2.24, 2.45) is 0 Å². The summed E-state index contributed by atoms with van der Waals surface area (Å²) in [6, 6.07) is 7.16. The van der Waals surface area contributed by atoms with Crippen LogP contribution in [-0.4, -0.2) is 56.5 Å². The molecule has 0 radical (unpaired) electrons. The number of aryl methyl sites for hydroxylation is 1. The number of non-ortho nitro benzene ring substituents is 1. The van der Waals surface area contributed by atoms with Gasteiger partial charge >= 0.3 is 0 Å². The lowest BCUT2D eigenvalue weighted by Gasteiger charge is -2.34. The Morgan fingerprint density at radius 2 is 1.90 bits per heavy atom. The number of rotatable bonds is 5. The topological polar surface area (TPSA) is 114 Å². The lowest BCUT2D eigenvalue weighted by molar-refractivity contribution is -0.384. The molecule has 1 aliphatic rings. The summed E-state index contributed by atoms with van der Waals surface area (Å²) in [6.07, 6.45) is 1.67. The molecule has 0 N–H and O–H groups in total. The largest absolute Gasteiger partial charge is 0.343 e. The van der Waals surface area contributed by atoms with Gasteiger partial charge in [-0.25, -0.2) is 4.98 Å². The van der Waals surface area contributed by atoms with Crippen LogP contribution < -0.4 is 10.5 Å². The van der Waals surface area contributed by atoms with Gasteiger partial charge in [0.15, 0.2) is 0 Å². The number of benzene rings is 1. The van der Waals surface area contributed by atoms with Crippen LogP contribution in [-0.2, 0) is 6.42 Å². The molecule has 0 saturated carbocycles. The van der Waals surface area contributed by atoms with Crippen LogP contribution in [0.4, 0.5) is 10.8 Å². The Hall–Kier alpha value is -3.34. The van der Waals surface area contributed by atoms with E-state index in [1.165, 1.54) is 46.2 Å². The molecular formula is C19H20N6O4S. The first-order valence-electron chi connectivity index (χ1n) is 9.64. The highest BCUT2D eigenvalue weighted by Crippen LogP contribution is 2.23. The van der Waals surface area contributed by atoms with Crippen LogP contribution in [0, 0.1) is 10.1 Å². The van der Waals surface area contributed by atoms with Crippen LogP contribution in [0.1, 0.15) is 29.4 Å². The Kier molecular flexibility index (Phi) is 5.44. The number of carbonyl (C=O) groups is 1. The lowest BCUT2D eigenvalue weighted by Crippen LogP contribution is -2.48. The molecule has 1 aliphatic heterocycles. The fourth-order valence-corrected chi connectivity index (χ4v) is 4.34. The number of aromatic nitrogens is 3. The van der Waals surface area contributed by atoms with E-state index in [1.807, 2.05) is 11.8 Å². The first-order chi connectivity index (χ1) is 14.5. The van der Waals surface area contributed by atoms with Crippen molar-refractivity contribution >= 4 is 33.0 Å². The summed E-state index contributed by atoms with van der Waals surface area (Å²) in [5.41, 5.74) is 0.973. The molecule has 1 saturated heterocycles. The number of hydrogen-bond acceptors (Lipinski definition) is 8. The minimum atomic E-state index is -0.490. The van der Waals surface area contributed by atoms with Crippen molar-refractivity contribution in [1.29, 1.82) is 0 Å². The zero-order valence-electron chi connectivity index (χ0n) is 16.4. The van der Waals surface area contributed by atoms with Gasteiger partial charge in [0.2, 0.25) is 10.1 Å². The molecule has 1 aromatic carbocycles. The molecule has 0 aliphatic carbocycles. The molecular weight excluding hydrogens is 408 g/mol. The number of carbonyl (C=O) groups excluding carboxylic acids is 1. The second-order valence-corrected chi connectivity index (χ2v) is 7.93. The van der Waals surface area contributed by atoms with E-state index in [0.29, 0.717) is 41.8 Å². The van der Waals surface area contributed by atoms with Gasteiger partial charge in [-0.2, -0.15) is 4.52 Å². The molecule has 3 aromatic rings. The molecule has 0 atom stereocenters. The Bertz CT molecular complexity index is 1150. The van der Waals surface area contributed by atoms with Crippen LogP contribution in [0.15, 0.2) is 35.1 Å². The van der Waals surface area contributed by atoms with Gasteiger partial charge in [0, 0.05) is 55.6 Å². The summed E-state index contributed by atoms with van der Waals surface area (Å²) < 4.78 is 1.33. The Labute approximate surface area is 175 Å². The zero-order valence-corrected chi connectivity index (χ0v) is 17.2. The molecule has 0 bridgehead atoms. The smallest absolute Gasteiger partial charge is 0.275 e. The molecule has 0 unspecified atom stereocenters. The van der Waals surface area contributed by atoms with Gasteiger partial charge in [-0.1, -0.05) is 24.7 Å². The SMILES string of the molecule is CCCc1cc(=O)n2nc(N3CCN(C(=O)c4ccc([N+](=O)[O-])cc4)CC3)sc2n1. The highest BCUT2D eigenvalue weighted by Gasteiger charge is 2.25. The fraction of sp³-hybridized carbons (Fsp3) is 0.368. The number of nitro groups is 1. The maximum Gasteiger partial charge on any atom is 0.275 e. The van der Waals surface area contributed by atoms with E-state index in [4.69, 9.17) is 0 Å². The van der Waals surface area contributed by atoms with Crippen molar-refractivity contribution in [3.8, 4) is 0 Å². The minimum Gasteiger partial charge on any atom is -0.343 e. The van der Waals surface area contributed by atoms with Crippen LogP contribution in [0.25, 0.3) is 4.96 Å². The second kappa shape index (κ2) is 8.19. The molecule has 0 spiro atoms. The predicted molar refractivity (Wildman–Crippen MR) is 112 cm³/mol. The Morgan fingerprint density at radius 1 is 1.20 bits per heavy atom. The van der Waals surface area contributed by atoms with E-state index in [2.05, 4.69) is 10.1 Å². The van der Waals surface area contributed by atoms with Crippen LogP contribution in [0.2, 0.25) is 0 Å². The minimum absolute atomic E-state index is 0.0434. The molecule has 2 aromatic heterocycles. The van der Waals surface area contributed by atoms with Crippen molar-refractivity contribution in [3.63, 3.8) is 0 Å². The van der Waals surface area contributed by atoms with Crippen molar-refractivity contribution < 1.29 is 9.72 Å². The zero-order chi connectivity index (χ0) is 21.3. The van der Waals surface area contributed by atoms with Crippen LogP contribution in [0.3, 0.4) is 0 Å². The van der Waals surface area contributed by atoms with Gasteiger partial charge in [-0.3, -0.25) is 19.7 Å².